The van der Waals surface area contributed by atoms with Crippen molar-refractivity contribution in [1.82, 2.24) is 36.0 Å². The molecule has 4 heterocycles. The van der Waals surface area contributed by atoms with Crippen LogP contribution >= 0.6 is 0 Å². The molecule has 31 nitrogen and oxygen atoms in total. The van der Waals surface area contributed by atoms with Gasteiger partial charge in [-0.1, -0.05) is 165 Å². The maximum atomic E-state index is 14.8. The van der Waals surface area contributed by atoms with Gasteiger partial charge in [0.05, 0.1) is 102 Å². The van der Waals surface area contributed by atoms with Gasteiger partial charge in [0.2, 0.25) is 23.6 Å². The number of esters is 4. The van der Waals surface area contributed by atoms with E-state index in [1.807, 2.05) is 147 Å². The molecule has 4 fully saturated rings. The summed E-state index contributed by atoms with van der Waals surface area (Å²) in [6.45, 7) is 30.1. The Morgan fingerprint density at radius 1 is 0.446 bits per heavy atom. The third-order valence-corrected chi connectivity index (χ3v) is 23.9. The number of hydrogen-bond acceptors (Lipinski definition) is 24. The van der Waals surface area contributed by atoms with Gasteiger partial charge in [-0.2, -0.15) is 0 Å². The van der Waals surface area contributed by atoms with E-state index in [0.717, 1.165) is 55.2 Å². The molecule has 708 valence electrons. The summed E-state index contributed by atoms with van der Waals surface area (Å²) in [5.74, 6) is -7.65. The van der Waals surface area contributed by atoms with Crippen LogP contribution in [0.1, 0.15) is 177 Å². The second-order valence-corrected chi connectivity index (χ2v) is 36.0. The van der Waals surface area contributed by atoms with Crippen molar-refractivity contribution in [1.29, 1.82) is 0 Å². The third-order valence-electron chi connectivity index (χ3n) is 23.9. The largest absolute Gasteiger partial charge is 0.466 e. The smallest absolute Gasteiger partial charge is 0.413 e. The van der Waals surface area contributed by atoms with Gasteiger partial charge >= 0.3 is 42.2 Å². The molecule has 130 heavy (non-hydrogen) atoms. The maximum Gasteiger partial charge on any atom is 0.413 e. The van der Waals surface area contributed by atoms with Gasteiger partial charge in [-0.25, -0.2) is 24.0 Å². The van der Waals surface area contributed by atoms with Crippen molar-refractivity contribution in [2.45, 2.75) is 222 Å². The highest BCUT2D eigenvalue weighted by Crippen LogP contribution is 2.47. The predicted octanol–water partition coefficient (Wildman–Crippen LogP) is 12.9. The lowest BCUT2D eigenvalue weighted by molar-refractivity contribution is -0.182. The van der Waals surface area contributed by atoms with Gasteiger partial charge in [0.15, 0.2) is 0 Å². The molecule has 0 aromatic heterocycles. The molecular weight excluding hydrogens is 1670 g/mol. The molecule has 10 rings (SSSR count). The van der Waals surface area contributed by atoms with Crippen LogP contribution < -0.4 is 31.1 Å². The molecule has 12 atom stereocenters. The van der Waals surface area contributed by atoms with Crippen LogP contribution in [0.2, 0.25) is 0 Å². The minimum absolute atomic E-state index is 0.0261. The number of ether oxygens (including phenoxy) is 11. The quantitative estimate of drug-likeness (QED) is 0.0119. The Kier molecular flexibility index (Phi) is 37.8. The van der Waals surface area contributed by atoms with E-state index in [1.165, 1.54) is 4.90 Å². The predicted molar refractivity (Wildman–Crippen MR) is 490 cm³/mol. The molecule has 6 aromatic carbocycles. The zero-order valence-electron chi connectivity index (χ0n) is 78.1. The summed E-state index contributed by atoms with van der Waals surface area (Å²) in [5, 5.41) is 15.3. The van der Waals surface area contributed by atoms with E-state index in [9.17, 15) is 52.7 Å². The Morgan fingerprint density at radius 2 is 0.846 bits per heavy atom. The second-order valence-electron chi connectivity index (χ2n) is 36.0. The fourth-order valence-electron chi connectivity index (χ4n) is 17.4. The molecule has 0 spiro atoms. The van der Waals surface area contributed by atoms with Gasteiger partial charge in [0, 0.05) is 87.6 Å². The molecule has 0 saturated carbocycles. The lowest BCUT2D eigenvalue weighted by Crippen LogP contribution is -2.49. The molecule has 31 heteroatoms. The lowest BCUT2D eigenvalue weighted by atomic mass is 9.78. The minimum Gasteiger partial charge on any atom is -0.466 e. The number of carbonyl (C=O) groups is 11. The van der Waals surface area contributed by atoms with Crippen LogP contribution in [0.4, 0.5) is 25.8 Å². The lowest BCUT2D eigenvalue weighted by Gasteiger charge is -2.36. The van der Waals surface area contributed by atoms with Gasteiger partial charge < -0.3 is 88.1 Å². The van der Waals surface area contributed by atoms with Gasteiger partial charge in [0.25, 0.3) is 12.6 Å². The number of amides is 7. The van der Waals surface area contributed by atoms with Crippen LogP contribution in [-0.2, 0) is 103 Å². The number of rotatable bonds is 46. The fraction of sp³-hybridized carbons (Fsp3) is 0.566. The van der Waals surface area contributed by atoms with E-state index < -0.39 is 150 Å². The van der Waals surface area contributed by atoms with Crippen molar-refractivity contribution >= 4 is 98.7 Å². The zero-order chi connectivity index (χ0) is 93.9. The highest BCUT2D eigenvalue weighted by Gasteiger charge is 2.61. The van der Waals surface area contributed by atoms with Crippen LogP contribution in [0.15, 0.2) is 133 Å². The van der Waals surface area contributed by atoms with Crippen molar-refractivity contribution < 1.29 is 105 Å². The molecular formula is C99H135N9O22. The SMILES string of the molecule is CCOC(=O)Cc1ccc(N2CC[C@H](N(C(=O)OC(OC(=O)[C@@H](NC(=O)CCCOCCOCCNC(=O)[C@H]3C(C(=O)NCCOCCOCC(=O)N[C@H](C(=O)OC(OC(=O)N([C@H]4CCN(c5ccc(CC(=O)OCC)cc5)C4)[C@H](C)c4cccc5ccccc45)C(C)C)C(C)C)[C@H]4CC[C@@H]3N4C(=O)OC(C)(C)C)C(C)C)C(C)C)[C@H](C)c3cccc4ccccc34)C2)cc1. The third kappa shape index (κ3) is 28.0. The van der Waals surface area contributed by atoms with Crippen LogP contribution in [0.5, 0.6) is 0 Å². The molecule has 6 aromatic rings. The van der Waals surface area contributed by atoms with E-state index in [1.54, 1.807) is 99.8 Å². The van der Waals surface area contributed by atoms with Crippen molar-refractivity contribution in [3.8, 4) is 0 Å². The summed E-state index contributed by atoms with van der Waals surface area (Å²) in [7, 11) is 0. The van der Waals surface area contributed by atoms with Crippen molar-refractivity contribution in [3.63, 3.8) is 0 Å². The van der Waals surface area contributed by atoms with E-state index in [2.05, 4.69) is 31.1 Å². The van der Waals surface area contributed by atoms with Gasteiger partial charge in [-0.3, -0.25) is 38.6 Å². The summed E-state index contributed by atoms with van der Waals surface area (Å²) in [6, 6.07) is 38.4. The highest BCUT2D eigenvalue weighted by molar-refractivity contribution is 5.93. The van der Waals surface area contributed by atoms with Crippen LogP contribution in [0.25, 0.3) is 21.5 Å². The summed E-state index contributed by atoms with van der Waals surface area (Å²) in [5.41, 5.74) is 4.52. The molecule has 0 radical (unpaired) electrons. The van der Waals surface area contributed by atoms with Gasteiger partial charge in [-0.05, 0) is 160 Å². The molecule has 4 saturated heterocycles. The van der Waals surface area contributed by atoms with Crippen LogP contribution in [-0.4, -0.2) is 240 Å². The van der Waals surface area contributed by atoms with Crippen LogP contribution in [0, 0.1) is 35.5 Å². The first kappa shape index (κ1) is 101. The first-order chi connectivity index (χ1) is 62.2. The molecule has 0 aliphatic carbocycles. The Hall–Kier alpha value is -11.2. The Bertz CT molecular complexity index is 4760. The van der Waals surface area contributed by atoms with E-state index in [-0.39, 0.29) is 103 Å². The van der Waals surface area contributed by atoms with Crippen molar-refractivity contribution in [2.24, 2.45) is 35.5 Å². The van der Waals surface area contributed by atoms with Crippen LogP contribution in [0.3, 0.4) is 0 Å². The molecule has 3 unspecified atom stereocenters. The minimum atomic E-state index is -1.33. The van der Waals surface area contributed by atoms with Gasteiger partial charge in [-0.15, -0.1) is 0 Å². The van der Waals surface area contributed by atoms with E-state index in [0.29, 0.717) is 71.5 Å². The maximum absolute atomic E-state index is 14.8. The summed E-state index contributed by atoms with van der Waals surface area (Å²) in [6.07, 6.45) is -1.73. The van der Waals surface area contributed by atoms with Crippen molar-refractivity contribution in [3.05, 3.63) is 156 Å². The average molecular weight is 1800 g/mol. The van der Waals surface area contributed by atoms with E-state index in [4.69, 9.17) is 52.1 Å². The molecule has 7 amide bonds. The number of fused-ring (bicyclic) bond motifs is 4. The molecule has 4 aliphatic rings. The standard InChI is InChI=1S/C99H135N9O22/c1-16-124-84(111)57-68-34-38-72(39-35-68)104-48-44-74(59-104)106(66(11)76-31-22-27-70-25-18-20-29-78(70)76)96(117)128-94(64(7)8)126-92(115)88(62(3)4)102-82(109)33-24-50-120-53-54-121-51-46-100-90(113)86-80-42-43-81(108(80)98(119)130-99(13,14)15)87(86)91(114)101-47-52-122-55-56-123-61-83(110)103-89(63(5)6)93(116)127-95(65(9)10)129-97(118)107(67(12)77-32-23-28-71-26-19-21-30-79(71)77)75-45-49-105(60-75)73-40-36-69(37-41-73)58-85(112)125-17-2/h18-23,25-32,34-41,62-67,74-75,80-81,86-89,94-95H,16-17,24,33,42-61H2,1-15H3,(H,100,113)(H,101,114)(H,102,109)(H,103,110)/t66-,67-,74+,75+,80+,81-,86-,87?,88+,89+,94?,95?/m1/s1. The number of benzene rings is 6. The average Bonchev–Trinajstić information content (AvgIpc) is 1.57. The number of nitrogens with one attached hydrogen (secondary N) is 4. The fourth-order valence-corrected chi connectivity index (χ4v) is 17.4. The molecule has 2 bridgehead atoms. The topological polar surface area (TPSA) is 354 Å². The molecule has 4 N–H and O–H groups in total. The zero-order valence-corrected chi connectivity index (χ0v) is 78.1. The Morgan fingerprint density at radius 3 is 1.25 bits per heavy atom. The first-order valence-corrected chi connectivity index (χ1v) is 46.0. The monoisotopic (exact) mass is 1800 g/mol. The number of nitrogens with zero attached hydrogens (tertiary/aromatic N) is 5. The summed E-state index contributed by atoms with van der Waals surface area (Å²) >= 11 is 0. The number of hydrogen-bond donors (Lipinski definition) is 4. The number of anilines is 2. The Labute approximate surface area is 763 Å². The number of carbonyl (C=O) groups excluding carboxylic acids is 11. The highest BCUT2D eigenvalue weighted by atomic mass is 16.7. The summed E-state index contributed by atoms with van der Waals surface area (Å²) in [4.78, 5) is 161. The Balaban J connectivity index is 0.631. The summed E-state index contributed by atoms with van der Waals surface area (Å²) < 4.78 is 63.5. The molecule has 4 aliphatic heterocycles. The van der Waals surface area contributed by atoms with Crippen molar-refractivity contribution in [2.75, 3.05) is 115 Å². The van der Waals surface area contributed by atoms with E-state index >= 15 is 0 Å². The second kappa shape index (κ2) is 48.7. The van der Waals surface area contributed by atoms with Gasteiger partial charge in [0.1, 0.15) is 24.3 Å². The normalized spacial score (nSPS) is 18.6. The first-order valence-electron chi connectivity index (χ1n) is 46.0.